The predicted molar refractivity (Wildman–Crippen MR) is 98.0 cm³/mol. The molecule has 0 saturated carbocycles. The molecule has 22 heavy (non-hydrogen) atoms. The summed E-state index contributed by atoms with van der Waals surface area (Å²) < 4.78 is 37.9. The molecular weight excluding hydrogens is 426 g/mol. The van der Waals surface area contributed by atoms with Gasteiger partial charge in [-0.3, -0.25) is 4.99 Å². The number of nitrogens with one attached hydrogen (secondary N) is 2. The summed E-state index contributed by atoms with van der Waals surface area (Å²) in [4.78, 5) is 4.04. The number of halogens is 4. The normalized spacial score (nSPS) is 13.3. The fraction of sp³-hybridized carbons (Fsp3) is 0.500. The van der Waals surface area contributed by atoms with Crippen molar-refractivity contribution in [1.29, 1.82) is 0 Å². The Labute approximate surface area is 150 Å². The number of benzene rings is 1. The van der Waals surface area contributed by atoms with E-state index in [2.05, 4.69) is 22.5 Å². The molecule has 0 aliphatic carbocycles. The van der Waals surface area contributed by atoms with Crippen LogP contribution in [0.3, 0.4) is 0 Å². The lowest BCUT2D eigenvalue weighted by atomic mass is 10.1. The molecular formula is C14H21F3IN3S. The van der Waals surface area contributed by atoms with E-state index in [1.165, 1.54) is 6.07 Å². The van der Waals surface area contributed by atoms with E-state index in [0.29, 0.717) is 16.8 Å². The van der Waals surface area contributed by atoms with Crippen LogP contribution in [0.2, 0.25) is 0 Å². The smallest absolute Gasteiger partial charge is 0.355 e. The highest BCUT2D eigenvalue weighted by Crippen LogP contribution is 2.29. The van der Waals surface area contributed by atoms with Crippen LogP contribution in [0.4, 0.5) is 13.2 Å². The zero-order valence-electron chi connectivity index (χ0n) is 12.7. The molecule has 0 heterocycles. The van der Waals surface area contributed by atoms with Crippen LogP contribution >= 0.6 is 35.7 Å². The van der Waals surface area contributed by atoms with Gasteiger partial charge in [0, 0.05) is 25.4 Å². The molecule has 0 aliphatic rings. The van der Waals surface area contributed by atoms with Gasteiger partial charge in [-0.25, -0.2) is 0 Å². The maximum Gasteiger partial charge on any atom is 0.416 e. The Hall–Kier alpha value is -0.640. The van der Waals surface area contributed by atoms with E-state index in [0.717, 1.165) is 18.7 Å². The molecule has 1 aromatic rings. The monoisotopic (exact) mass is 447 g/mol. The van der Waals surface area contributed by atoms with Crippen molar-refractivity contribution in [2.24, 2.45) is 4.99 Å². The molecule has 3 nitrogen and oxygen atoms in total. The third kappa shape index (κ3) is 7.57. The van der Waals surface area contributed by atoms with Crippen LogP contribution in [0.25, 0.3) is 0 Å². The third-order valence-electron chi connectivity index (χ3n) is 2.90. The van der Waals surface area contributed by atoms with Crippen molar-refractivity contribution >= 4 is 41.7 Å². The Morgan fingerprint density at radius 2 is 2.00 bits per heavy atom. The maximum atomic E-state index is 12.6. The average molecular weight is 447 g/mol. The van der Waals surface area contributed by atoms with Crippen molar-refractivity contribution in [2.75, 3.05) is 19.8 Å². The standard InChI is InChI=1S/C14H20F3N3S.HI/c1-10(21-3)8-19-13(18-2)20-9-11-5-4-6-12(7-11)14(15,16)17;/h4-7,10H,8-9H2,1-3H3,(H2,18,19,20);1H. The summed E-state index contributed by atoms with van der Waals surface area (Å²) in [6.45, 7) is 3.11. The minimum atomic E-state index is -4.32. The van der Waals surface area contributed by atoms with Gasteiger partial charge in [0.15, 0.2) is 5.96 Å². The van der Waals surface area contributed by atoms with E-state index >= 15 is 0 Å². The van der Waals surface area contributed by atoms with Gasteiger partial charge in [0.1, 0.15) is 0 Å². The van der Waals surface area contributed by atoms with E-state index in [1.54, 1.807) is 24.9 Å². The fourth-order valence-corrected chi connectivity index (χ4v) is 1.84. The van der Waals surface area contributed by atoms with Gasteiger partial charge in [0.25, 0.3) is 0 Å². The van der Waals surface area contributed by atoms with Gasteiger partial charge < -0.3 is 10.6 Å². The molecule has 126 valence electrons. The first kappa shape index (κ1) is 21.4. The van der Waals surface area contributed by atoms with Crippen molar-refractivity contribution in [3.05, 3.63) is 35.4 Å². The second-order valence-electron chi connectivity index (χ2n) is 4.55. The zero-order valence-corrected chi connectivity index (χ0v) is 15.8. The van der Waals surface area contributed by atoms with Crippen LogP contribution in [0.1, 0.15) is 18.1 Å². The highest BCUT2D eigenvalue weighted by Gasteiger charge is 2.30. The summed E-state index contributed by atoms with van der Waals surface area (Å²) in [5, 5.41) is 6.57. The summed E-state index contributed by atoms with van der Waals surface area (Å²) in [5.41, 5.74) is -0.0774. The second kappa shape index (κ2) is 10.2. The number of hydrogen-bond donors (Lipinski definition) is 2. The molecule has 2 N–H and O–H groups in total. The molecule has 0 aliphatic heterocycles. The largest absolute Gasteiger partial charge is 0.416 e. The SMILES string of the molecule is CN=C(NCc1cccc(C(F)(F)F)c1)NCC(C)SC.I. The number of alkyl halides is 3. The number of aliphatic imine (C=N–C) groups is 1. The summed E-state index contributed by atoms with van der Waals surface area (Å²) in [6.07, 6.45) is -2.30. The fourth-order valence-electron chi connectivity index (χ4n) is 1.59. The van der Waals surface area contributed by atoms with Crippen LogP contribution < -0.4 is 10.6 Å². The van der Waals surface area contributed by atoms with Crippen molar-refractivity contribution in [1.82, 2.24) is 10.6 Å². The van der Waals surface area contributed by atoms with Crippen LogP contribution in [0.15, 0.2) is 29.3 Å². The molecule has 1 aromatic carbocycles. The van der Waals surface area contributed by atoms with Gasteiger partial charge in [0.2, 0.25) is 0 Å². The number of thioether (sulfide) groups is 1. The maximum absolute atomic E-state index is 12.6. The van der Waals surface area contributed by atoms with E-state index in [9.17, 15) is 13.2 Å². The lowest BCUT2D eigenvalue weighted by Gasteiger charge is -2.15. The van der Waals surface area contributed by atoms with Crippen molar-refractivity contribution < 1.29 is 13.2 Å². The molecule has 0 spiro atoms. The van der Waals surface area contributed by atoms with E-state index < -0.39 is 11.7 Å². The highest BCUT2D eigenvalue weighted by atomic mass is 127. The highest BCUT2D eigenvalue weighted by molar-refractivity contribution is 14.0. The van der Waals surface area contributed by atoms with Crippen LogP contribution in [-0.2, 0) is 12.7 Å². The number of hydrogen-bond acceptors (Lipinski definition) is 2. The Bertz CT molecular complexity index is 481. The topological polar surface area (TPSA) is 36.4 Å². The molecule has 1 unspecified atom stereocenters. The first-order chi connectivity index (χ1) is 9.86. The van der Waals surface area contributed by atoms with Crippen molar-refractivity contribution in [3.8, 4) is 0 Å². The average Bonchev–Trinajstić information content (AvgIpc) is 2.46. The number of nitrogens with zero attached hydrogens (tertiary/aromatic N) is 1. The Kier molecular flexibility index (Phi) is 9.90. The number of rotatable bonds is 5. The predicted octanol–water partition coefficient (Wildman–Crippen LogP) is 3.74. The van der Waals surface area contributed by atoms with Gasteiger partial charge in [0.05, 0.1) is 5.56 Å². The first-order valence-electron chi connectivity index (χ1n) is 6.50. The van der Waals surface area contributed by atoms with E-state index in [1.807, 2.05) is 6.26 Å². The van der Waals surface area contributed by atoms with Gasteiger partial charge in [-0.05, 0) is 24.0 Å². The molecule has 0 amide bonds. The lowest BCUT2D eigenvalue weighted by Crippen LogP contribution is -2.39. The third-order valence-corrected chi connectivity index (χ3v) is 3.87. The molecule has 0 saturated heterocycles. The van der Waals surface area contributed by atoms with Crippen LogP contribution in [0.5, 0.6) is 0 Å². The number of guanidine groups is 1. The molecule has 1 rings (SSSR count). The van der Waals surface area contributed by atoms with Gasteiger partial charge in [-0.2, -0.15) is 24.9 Å². The summed E-state index contributed by atoms with van der Waals surface area (Å²) in [7, 11) is 1.63. The van der Waals surface area contributed by atoms with Gasteiger partial charge >= 0.3 is 6.18 Å². The summed E-state index contributed by atoms with van der Waals surface area (Å²) >= 11 is 1.73. The molecule has 1 atom stereocenters. The second-order valence-corrected chi connectivity index (χ2v) is 5.83. The molecule has 8 heteroatoms. The van der Waals surface area contributed by atoms with E-state index in [-0.39, 0.29) is 30.5 Å². The Balaban J connectivity index is 0.00000441. The Morgan fingerprint density at radius 3 is 2.55 bits per heavy atom. The van der Waals surface area contributed by atoms with E-state index in [4.69, 9.17) is 0 Å². The zero-order chi connectivity index (χ0) is 15.9. The first-order valence-corrected chi connectivity index (χ1v) is 7.79. The van der Waals surface area contributed by atoms with Crippen LogP contribution in [0, 0.1) is 0 Å². The van der Waals surface area contributed by atoms with Crippen molar-refractivity contribution in [3.63, 3.8) is 0 Å². The summed E-state index contributed by atoms with van der Waals surface area (Å²) in [5.74, 6) is 0.577. The van der Waals surface area contributed by atoms with Gasteiger partial charge in [-0.1, -0.05) is 19.1 Å². The molecule has 0 bridgehead atoms. The Morgan fingerprint density at radius 1 is 1.32 bits per heavy atom. The molecule has 0 radical (unpaired) electrons. The van der Waals surface area contributed by atoms with Crippen LogP contribution in [-0.4, -0.2) is 31.1 Å². The molecule has 0 aromatic heterocycles. The minimum absolute atomic E-state index is 0. The molecule has 0 fully saturated rings. The minimum Gasteiger partial charge on any atom is -0.355 e. The van der Waals surface area contributed by atoms with Crippen molar-refractivity contribution in [2.45, 2.75) is 24.9 Å². The quantitative estimate of drug-likeness (QED) is 0.410. The lowest BCUT2D eigenvalue weighted by molar-refractivity contribution is -0.137. The van der Waals surface area contributed by atoms with Gasteiger partial charge in [-0.15, -0.1) is 24.0 Å². The summed E-state index contributed by atoms with van der Waals surface area (Å²) in [6, 6.07) is 5.27.